The number of aromatic nitrogens is 1. The molecule has 1 fully saturated rings. The molecule has 1 saturated heterocycles. The maximum atomic E-state index is 11.5. The van der Waals surface area contributed by atoms with Gasteiger partial charge in [0.15, 0.2) is 0 Å². The van der Waals surface area contributed by atoms with E-state index < -0.39 is 0 Å². The second kappa shape index (κ2) is 7.06. The Morgan fingerprint density at radius 1 is 1.11 bits per heavy atom. The van der Waals surface area contributed by atoms with Crippen molar-refractivity contribution in [1.82, 2.24) is 14.8 Å². The molecular formula is C23H23N3OS. The van der Waals surface area contributed by atoms with E-state index in [1.54, 1.807) is 18.3 Å². The second-order valence-corrected chi connectivity index (χ2v) is 8.91. The fourth-order valence-electron chi connectivity index (χ4n) is 4.21. The van der Waals surface area contributed by atoms with Gasteiger partial charge < -0.3 is 9.80 Å². The van der Waals surface area contributed by atoms with Crippen LogP contribution in [0.5, 0.6) is 0 Å². The summed E-state index contributed by atoms with van der Waals surface area (Å²) in [6, 6.07) is 17.2. The van der Waals surface area contributed by atoms with Gasteiger partial charge in [-0.3, -0.25) is 4.79 Å². The highest BCUT2D eigenvalue weighted by atomic mass is 32.1. The van der Waals surface area contributed by atoms with E-state index in [1.165, 1.54) is 26.4 Å². The minimum atomic E-state index is 0.186. The SMILES string of the molecule is CC(=O)N1CC2=CN(Cc3ccc(Cc4nc5ccccc5s4)cc3)CC2C1. The van der Waals surface area contributed by atoms with Crippen LogP contribution in [0.25, 0.3) is 10.2 Å². The van der Waals surface area contributed by atoms with Crippen molar-refractivity contribution in [2.45, 2.75) is 19.9 Å². The summed E-state index contributed by atoms with van der Waals surface area (Å²) in [5.41, 5.74) is 5.13. The molecule has 0 saturated carbocycles. The Kier molecular flexibility index (Phi) is 4.40. The summed E-state index contributed by atoms with van der Waals surface area (Å²) in [5.74, 6) is 0.702. The number of hydrogen-bond donors (Lipinski definition) is 0. The zero-order valence-electron chi connectivity index (χ0n) is 16.0. The molecule has 2 aliphatic heterocycles. The van der Waals surface area contributed by atoms with Crippen LogP contribution in [-0.4, -0.2) is 40.3 Å². The van der Waals surface area contributed by atoms with Crippen LogP contribution in [0.1, 0.15) is 23.1 Å². The van der Waals surface area contributed by atoms with Gasteiger partial charge in [0, 0.05) is 51.6 Å². The molecule has 1 aromatic heterocycles. The first kappa shape index (κ1) is 17.4. The molecular weight excluding hydrogens is 366 g/mol. The first-order chi connectivity index (χ1) is 13.6. The van der Waals surface area contributed by atoms with Crippen LogP contribution < -0.4 is 0 Å². The van der Waals surface area contributed by atoms with Crippen molar-refractivity contribution in [1.29, 1.82) is 0 Å². The van der Waals surface area contributed by atoms with E-state index in [1.807, 2.05) is 11.0 Å². The molecule has 0 radical (unpaired) electrons. The predicted molar refractivity (Wildman–Crippen MR) is 113 cm³/mol. The Bertz CT molecular complexity index is 1020. The molecule has 5 heteroatoms. The molecule has 5 rings (SSSR count). The summed E-state index contributed by atoms with van der Waals surface area (Å²) in [6.45, 7) is 5.29. The first-order valence-corrected chi connectivity index (χ1v) is 10.6. The molecule has 1 unspecified atom stereocenters. The highest BCUT2D eigenvalue weighted by Crippen LogP contribution is 2.30. The third-order valence-electron chi connectivity index (χ3n) is 5.69. The van der Waals surface area contributed by atoms with Crippen LogP contribution in [-0.2, 0) is 17.8 Å². The van der Waals surface area contributed by atoms with Gasteiger partial charge in [0.1, 0.15) is 0 Å². The molecule has 2 aliphatic rings. The van der Waals surface area contributed by atoms with Crippen molar-refractivity contribution in [2.24, 2.45) is 5.92 Å². The van der Waals surface area contributed by atoms with Crippen molar-refractivity contribution in [3.63, 3.8) is 0 Å². The molecule has 4 nitrogen and oxygen atoms in total. The maximum Gasteiger partial charge on any atom is 0.219 e. The van der Waals surface area contributed by atoms with Gasteiger partial charge >= 0.3 is 0 Å². The van der Waals surface area contributed by atoms with Gasteiger partial charge in [0.05, 0.1) is 15.2 Å². The standard InChI is InChI=1S/C23H23N3OS/c1-16(27)26-14-19-12-25(13-20(19)15-26)11-18-8-6-17(7-9-18)10-23-24-21-4-2-3-5-22(21)28-23/h2-9,12,20H,10-11,13-15H2,1H3. The summed E-state index contributed by atoms with van der Waals surface area (Å²) in [7, 11) is 0. The third-order valence-corrected chi connectivity index (χ3v) is 6.73. The predicted octanol–water partition coefficient (Wildman–Crippen LogP) is 4.06. The minimum Gasteiger partial charge on any atom is -0.372 e. The van der Waals surface area contributed by atoms with Crippen LogP contribution in [0.15, 0.2) is 60.3 Å². The molecule has 3 aromatic rings. The van der Waals surface area contributed by atoms with Gasteiger partial charge in [-0.25, -0.2) is 4.98 Å². The Morgan fingerprint density at radius 2 is 1.89 bits per heavy atom. The topological polar surface area (TPSA) is 36.4 Å². The smallest absolute Gasteiger partial charge is 0.219 e. The lowest BCUT2D eigenvalue weighted by Crippen LogP contribution is -2.29. The molecule has 2 aromatic carbocycles. The van der Waals surface area contributed by atoms with Gasteiger partial charge in [-0.2, -0.15) is 0 Å². The van der Waals surface area contributed by atoms with Crippen LogP contribution in [0.2, 0.25) is 0 Å². The minimum absolute atomic E-state index is 0.186. The van der Waals surface area contributed by atoms with Crippen LogP contribution in [0.4, 0.5) is 0 Å². The second-order valence-electron chi connectivity index (χ2n) is 7.80. The van der Waals surface area contributed by atoms with Crippen molar-refractivity contribution in [2.75, 3.05) is 19.6 Å². The molecule has 1 amide bonds. The quantitative estimate of drug-likeness (QED) is 0.675. The van der Waals surface area contributed by atoms with Crippen LogP contribution in [0, 0.1) is 5.92 Å². The van der Waals surface area contributed by atoms with E-state index in [2.05, 4.69) is 53.6 Å². The molecule has 28 heavy (non-hydrogen) atoms. The van der Waals surface area contributed by atoms with Crippen molar-refractivity contribution < 1.29 is 4.79 Å². The fraction of sp³-hybridized carbons (Fsp3) is 0.304. The van der Waals surface area contributed by atoms with Gasteiger partial charge in [-0.05, 0) is 28.8 Å². The summed E-state index contributed by atoms with van der Waals surface area (Å²) in [4.78, 5) is 20.6. The van der Waals surface area contributed by atoms with Crippen LogP contribution in [0.3, 0.4) is 0 Å². The van der Waals surface area contributed by atoms with E-state index >= 15 is 0 Å². The largest absolute Gasteiger partial charge is 0.372 e. The van der Waals surface area contributed by atoms with Crippen molar-refractivity contribution >= 4 is 27.5 Å². The normalized spacial score (nSPS) is 18.6. The Labute approximate surface area is 169 Å². The highest BCUT2D eigenvalue weighted by Gasteiger charge is 2.34. The van der Waals surface area contributed by atoms with Crippen molar-refractivity contribution in [3.05, 3.63) is 76.4 Å². The molecule has 0 spiro atoms. The lowest BCUT2D eigenvalue weighted by Gasteiger charge is -2.20. The molecule has 0 N–H and O–H groups in total. The average Bonchev–Trinajstić information content (AvgIpc) is 3.35. The average molecular weight is 390 g/mol. The van der Waals surface area contributed by atoms with Gasteiger partial charge in [-0.15, -0.1) is 11.3 Å². The molecule has 0 aliphatic carbocycles. The summed E-state index contributed by atoms with van der Waals surface area (Å²) in [5, 5.41) is 1.17. The van der Waals surface area contributed by atoms with E-state index in [-0.39, 0.29) is 5.91 Å². The Morgan fingerprint density at radius 3 is 2.64 bits per heavy atom. The Hall–Kier alpha value is -2.66. The zero-order valence-corrected chi connectivity index (χ0v) is 16.8. The number of rotatable bonds is 4. The number of likely N-dealkylation sites (tertiary alicyclic amines) is 1. The number of carbonyl (C=O) groups is 1. The molecule has 1 atom stereocenters. The summed E-state index contributed by atoms with van der Waals surface area (Å²) in [6.07, 6.45) is 3.15. The maximum absolute atomic E-state index is 11.5. The van der Waals surface area contributed by atoms with Gasteiger partial charge in [-0.1, -0.05) is 36.4 Å². The number of carbonyl (C=O) groups excluding carboxylic acids is 1. The lowest BCUT2D eigenvalue weighted by molar-refractivity contribution is -0.127. The Balaban J connectivity index is 1.22. The zero-order chi connectivity index (χ0) is 19.1. The summed E-state index contributed by atoms with van der Waals surface area (Å²) >= 11 is 1.78. The lowest BCUT2D eigenvalue weighted by atomic mass is 10.1. The molecule has 142 valence electrons. The van der Waals surface area contributed by atoms with Gasteiger partial charge in [0.2, 0.25) is 5.91 Å². The fourth-order valence-corrected chi connectivity index (χ4v) is 5.21. The highest BCUT2D eigenvalue weighted by molar-refractivity contribution is 7.18. The van der Waals surface area contributed by atoms with Gasteiger partial charge in [0.25, 0.3) is 0 Å². The third kappa shape index (κ3) is 3.42. The van der Waals surface area contributed by atoms with E-state index in [4.69, 9.17) is 4.98 Å². The number of para-hydroxylation sites is 1. The number of benzene rings is 2. The van der Waals surface area contributed by atoms with Crippen molar-refractivity contribution in [3.8, 4) is 0 Å². The molecule has 0 bridgehead atoms. The number of nitrogens with zero attached hydrogens (tertiary/aromatic N) is 3. The monoisotopic (exact) mass is 389 g/mol. The number of amides is 1. The number of hydrogen-bond acceptors (Lipinski definition) is 4. The number of fused-ring (bicyclic) bond motifs is 2. The first-order valence-electron chi connectivity index (χ1n) is 9.76. The molecule has 3 heterocycles. The number of thiazole rings is 1. The summed E-state index contributed by atoms with van der Waals surface area (Å²) < 4.78 is 1.25. The van der Waals surface area contributed by atoms with E-state index in [0.717, 1.165) is 38.1 Å². The van der Waals surface area contributed by atoms with E-state index in [0.29, 0.717) is 5.92 Å². The van der Waals surface area contributed by atoms with Crippen LogP contribution >= 0.6 is 11.3 Å². The van der Waals surface area contributed by atoms with E-state index in [9.17, 15) is 4.79 Å².